The lowest BCUT2D eigenvalue weighted by Gasteiger charge is -2.43. The molecule has 180 valence electrons. The summed E-state index contributed by atoms with van der Waals surface area (Å²) in [5.41, 5.74) is 4.80. The van der Waals surface area contributed by atoms with Crippen molar-refractivity contribution >= 4 is 11.7 Å². The molecule has 2 aromatic rings. The molecular weight excluding hydrogens is 422 g/mol. The molecule has 0 unspecified atom stereocenters. The van der Waals surface area contributed by atoms with E-state index in [0.29, 0.717) is 12.5 Å². The molecule has 0 spiro atoms. The number of ketones is 1. The second-order valence-electron chi connectivity index (χ2n) is 11.1. The highest BCUT2D eigenvalue weighted by Gasteiger charge is 2.36. The van der Waals surface area contributed by atoms with E-state index in [4.69, 9.17) is 0 Å². The van der Waals surface area contributed by atoms with Crippen LogP contribution in [0.5, 0.6) is 0 Å². The smallest absolute Gasteiger partial charge is 0.225 e. The van der Waals surface area contributed by atoms with Gasteiger partial charge in [0.05, 0.1) is 12.5 Å². The van der Waals surface area contributed by atoms with Gasteiger partial charge in [-0.3, -0.25) is 19.4 Å². The molecule has 5 rings (SSSR count). The Balaban J connectivity index is 1.17. The highest BCUT2D eigenvalue weighted by molar-refractivity contribution is 5.98. The van der Waals surface area contributed by atoms with E-state index in [1.54, 1.807) is 0 Å². The Morgan fingerprint density at radius 2 is 1.32 bits per heavy atom. The van der Waals surface area contributed by atoms with Crippen LogP contribution < -0.4 is 0 Å². The van der Waals surface area contributed by atoms with Crippen molar-refractivity contribution in [2.75, 3.05) is 45.8 Å². The van der Waals surface area contributed by atoms with Crippen LogP contribution in [0.4, 0.5) is 0 Å². The van der Waals surface area contributed by atoms with Crippen LogP contribution in [0.3, 0.4) is 0 Å². The van der Waals surface area contributed by atoms with Gasteiger partial charge < -0.3 is 4.90 Å². The molecule has 3 aliphatic rings. The molecule has 0 radical (unpaired) electrons. The number of benzene rings is 2. The van der Waals surface area contributed by atoms with Gasteiger partial charge in [-0.15, -0.1) is 0 Å². The van der Waals surface area contributed by atoms with E-state index in [1.807, 2.05) is 24.3 Å². The molecule has 2 aromatic carbocycles. The standard InChI is InChI=1S/C29H37N3O2/c1-29(2,3)32-18-16-31(17-19-32)28(34)21-12-14-30(15-13-21)20-26(33)27-24-10-6-4-8-22(24)23-9-5-7-11-25(23)27/h4-11,21,27H,12-20H2,1-3H3. The maximum atomic E-state index is 13.5. The quantitative estimate of drug-likeness (QED) is 0.693. The fraction of sp³-hybridized carbons (Fsp3) is 0.517. The van der Waals surface area contributed by atoms with Crippen LogP contribution >= 0.6 is 0 Å². The van der Waals surface area contributed by atoms with Crippen LogP contribution in [-0.4, -0.2) is 77.7 Å². The van der Waals surface area contributed by atoms with Gasteiger partial charge in [-0.1, -0.05) is 48.5 Å². The Bertz CT molecular complexity index is 1010. The van der Waals surface area contributed by atoms with E-state index in [-0.39, 0.29) is 23.2 Å². The van der Waals surface area contributed by atoms with E-state index in [9.17, 15) is 9.59 Å². The molecule has 1 aliphatic carbocycles. The zero-order valence-electron chi connectivity index (χ0n) is 20.8. The lowest BCUT2D eigenvalue weighted by molar-refractivity contribution is -0.139. The number of likely N-dealkylation sites (tertiary alicyclic amines) is 1. The number of carbonyl (C=O) groups excluding carboxylic acids is 2. The van der Waals surface area contributed by atoms with Crippen molar-refractivity contribution in [3.63, 3.8) is 0 Å². The first-order valence-electron chi connectivity index (χ1n) is 12.8. The average Bonchev–Trinajstić information content (AvgIpc) is 3.18. The molecule has 2 heterocycles. The van der Waals surface area contributed by atoms with E-state index < -0.39 is 0 Å². The Labute approximate surface area is 203 Å². The minimum absolute atomic E-state index is 0.0977. The first-order valence-corrected chi connectivity index (χ1v) is 12.8. The summed E-state index contributed by atoms with van der Waals surface area (Å²) in [4.78, 5) is 33.4. The Morgan fingerprint density at radius 1 is 0.794 bits per heavy atom. The second-order valence-corrected chi connectivity index (χ2v) is 11.1. The van der Waals surface area contributed by atoms with Crippen LogP contribution in [0.15, 0.2) is 48.5 Å². The third-order valence-electron chi connectivity index (χ3n) is 8.01. The van der Waals surface area contributed by atoms with Gasteiger partial charge in [0.25, 0.3) is 0 Å². The number of hydrogen-bond acceptors (Lipinski definition) is 4. The highest BCUT2D eigenvalue weighted by atomic mass is 16.2. The number of hydrogen-bond donors (Lipinski definition) is 0. The predicted molar refractivity (Wildman–Crippen MR) is 136 cm³/mol. The van der Waals surface area contributed by atoms with Gasteiger partial charge in [0, 0.05) is 37.6 Å². The molecule has 34 heavy (non-hydrogen) atoms. The number of amides is 1. The third-order valence-corrected chi connectivity index (χ3v) is 8.01. The lowest BCUT2D eigenvalue weighted by atomic mass is 9.90. The number of fused-ring (bicyclic) bond motifs is 3. The molecule has 1 amide bonds. The van der Waals surface area contributed by atoms with Gasteiger partial charge in [-0.25, -0.2) is 0 Å². The number of piperazine rings is 1. The Hall–Kier alpha value is -2.50. The van der Waals surface area contributed by atoms with Crippen molar-refractivity contribution in [3.8, 4) is 11.1 Å². The summed E-state index contributed by atoms with van der Waals surface area (Å²) in [5.74, 6) is 0.505. The molecule has 0 N–H and O–H groups in total. The maximum absolute atomic E-state index is 13.5. The Kier molecular flexibility index (Phi) is 6.34. The SMILES string of the molecule is CC(C)(C)N1CCN(C(=O)C2CCN(CC(=O)C3c4ccccc4-c4ccccc43)CC2)CC1. The zero-order chi connectivity index (χ0) is 23.9. The van der Waals surface area contributed by atoms with Crippen LogP contribution in [0.1, 0.15) is 50.7 Å². The van der Waals surface area contributed by atoms with Gasteiger partial charge in [0.2, 0.25) is 5.91 Å². The van der Waals surface area contributed by atoms with Crippen LogP contribution in [-0.2, 0) is 9.59 Å². The second kappa shape index (κ2) is 9.27. The highest BCUT2D eigenvalue weighted by Crippen LogP contribution is 2.45. The molecule has 2 aliphatic heterocycles. The maximum Gasteiger partial charge on any atom is 0.225 e. The van der Waals surface area contributed by atoms with Crippen LogP contribution in [0, 0.1) is 5.92 Å². The lowest BCUT2D eigenvalue weighted by Crippen LogP contribution is -2.56. The van der Waals surface area contributed by atoms with Crippen LogP contribution in [0.25, 0.3) is 11.1 Å². The molecule has 0 atom stereocenters. The summed E-state index contributed by atoms with van der Waals surface area (Å²) in [6.45, 7) is 12.4. The van der Waals surface area contributed by atoms with Gasteiger partial charge in [0.1, 0.15) is 0 Å². The van der Waals surface area contributed by atoms with Gasteiger partial charge in [-0.05, 0) is 69.0 Å². The number of Topliss-reactive ketones (excluding diaryl/α,β-unsaturated/α-hetero) is 1. The number of carbonyl (C=O) groups is 2. The van der Waals surface area contributed by atoms with E-state index in [2.05, 4.69) is 59.7 Å². The molecule has 2 fully saturated rings. The molecule has 0 bridgehead atoms. The van der Waals surface area contributed by atoms with E-state index >= 15 is 0 Å². The fourth-order valence-electron chi connectivity index (χ4n) is 6.01. The topological polar surface area (TPSA) is 43.9 Å². The number of rotatable bonds is 4. The monoisotopic (exact) mass is 459 g/mol. The largest absolute Gasteiger partial charge is 0.340 e. The molecular formula is C29H37N3O2. The average molecular weight is 460 g/mol. The minimum Gasteiger partial charge on any atom is -0.340 e. The molecule has 5 nitrogen and oxygen atoms in total. The Morgan fingerprint density at radius 3 is 1.85 bits per heavy atom. The fourth-order valence-corrected chi connectivity index (χ4v) is 6.01. The summed E-state index contributed by atoms with van der Waals surface area (Å²) in [5, 5.41) is 0. The van der Waals surface area contributed by atoms with E-state index in [0.717, 1.165) is 63.2 Å². The summed E-state index contributed by atoms with van der Waals surface area (Å²) in [6.07, 6.45) is 1.70. The minimum atomic E-state index is -0.175. The molecule has 5 heteroatoms. The third kappa shape index (κ3) is 4.44. The van der Waals surface area contributed by atoms with Crippen molar-refractivity contribution in [3.05, 3.63) is 59.7 Å². The van der Waals surface area contributed by atoms with Crippen LogP contribution in [0.2, 0.25) is 0 Å². The van der Waals surface area contributed by atoms with Crippen molar-refractivity contribution < 1.29 is 9.59 Å². The van der Waals surface area contributed by atoms with Gasteiger partial charge >= 0.3 is 0 Å². The van der Waals surface area contributed by atoms with Crippen molar-refractivity contribution in [1.29, 1.82) is 0 Å². The zero-order valence-corrected chi connectivity index (χ0v) is 20.8. The number of piperidine rings is 1. The summed E-state index contributed by atoms with van der Waals surface area (Å²) in [6, 6.07) is 16.6. The molecule has 0 aromatic heterocycles. The predicted octanol–water partition coefficient (Wildman–Crippen LogP) is 4.02. The number of nitrogens with zero attached hydrogens (tertiary/aromatic N) is 3. The summed E-state index contributed by atoms with van der Waals surface area (Å²) >= 11 is 0. The van der Waals surface area contributed by atoms with Gasteiger partial charge in [-0.2, -0.15) is 0 Å². The summed E-state index contributed by atoms with van der Waals surface area (Å²) in [7, 11) is 0. The first-order chi connectivity index (χ1) is 16.3. The first kappa shape index (κ1) is 23.3. The molecule has 0 saturated carbocycles. The van der Waals surface area contributed by atoms with Crippen molar-refractivity contribution in [2.24, 2.45) is 5.92 Å². The van der Waals surface area contributed by atoms with Crippen molar-refractivity contribution in [2.45, 2.75) is 45.1 Å². The van der Waals surface area contributed by atoms with Gasteiger partial charge in [0.15, 0.2) is 5.78 Å². The summed E-state index contributed by atoms with van der Waals surface area (Å²) < 4.78 is 0. The molecule has 2 saturated heterocycles. The van der Waals surface area contributed by atoms with E-state index in [1.165, 1.54) is 11.1 Å². The normalized spacial score (nSPS) is 20.3. The van der Waals surface area contributed by atoms with Crippen molar-refractivity contribution in [1.82, 2.24) is 14.7 Å².